The molecule has 0 atom stereocenters. The molecule has 0 spiro atoms. The van der Waals surface area contributed by atoms with Crippen LogP contribution in [0.1, 0.15) is 34.0 Å². The van der Waals surface area contributed by atoms with Crippen molar-refractivity contribution in [2.75, 3.05) is 32.1 Å². The van der Waals surface area contributed by atoms with Gasteiger partial charge in [0.15, 0.2) is 5.13 Å². The molecular formula is C22H28N3OS+. The van der Waals surface area contributed by atoms with Crippen molar-refractivity contribution in [3.05, 3.63) is 58.7 Å². The Labute approximate surface area is 165 Å². The quantitative estimate of drug-likeness (QED) is 0.711. The molecule has 3 rings (SSSR count). The van der Waals surface area contributed by atoms with Crippen molar-refractivity contribution < 1.29 is 9.69 Å². The van der Waals surface area contributed by atoms with E-state index in [1.807, 2.05) is 30.0 Å². The van der Waals surface area contributed by atoms with Crippen LogP contribution in [0.5, 0.6) is 0 Å². The van der Waals surface area contributed by atoms with E-state index in [4.69, 9.17) is 4.98 Å². The molecule has 0 aliphatic carbocycles. The number of thiazole rings is 1. The number of anilines is 1. The van der Waals surface area contributed by atoms with E-state index in [1.165, 1.54) is 16.0 Å². The molecule has 142 valence electrons. The van der Waals surface area contributed by atoms with Gasteiger partial charge >= 0.3 is 0 Å². The van der Waals surface area contributed by atoms with Gasteiger partial charge in [-0.15, -0.1) is 0 Å². The van der Waals surface area contributed by atoms with Crippen LogP contribution in [0.15, 0.2) is 36.4 Å². The van der Waals surface area contributed by atoms with Crippen LogP contribution in [0.3, 0.4) is 0 Å². The number of rotatable bonds is 6. The van der Waals surface area contributed by atoms with Gasteiger partial charge in [0, 0.05) is 5.56 Å². The summed E-state index contributed by atoms with van der Waals surface area (Å²) in [5.74, 6) is 0.0223. The Balaban J connectivity index is 1.99. The Bertz CT molecular complexity index is 961. The Hall–Kier alpha value is -2.24. The topological polar surface area (TPSA) is 37.6 Å². The Kier molecular flexibility index (Phi) is 5.92. The number of aromatic nitrogens is 1. The van der Waals surface area contributed by atoms with Crippen molar-refractivity contribution >= 4 is 32.6 Å². The lowest BCUT2D eigenvalue weighted by atomic mass is 10.1. The van der Waals surface area contributed by atoms with Crippen LogP contribution in [0, 0.1) is 13.8 Å². The molecule has 1 amide bonds. The first-order valence-electron chi connectivity index (χ1n) is 9.46. The van der Waals surface area contributed by atoms with Crippen molar-refractivity contribution in [1.82, 2.24) is 4.98 Å². The zero-order chi connectivity index (χ0) is 19.6. The predicted molar refractivity (Wildman–Crippen MR) is 114 cm³/mol. The molecule has 0 aliphatic heterocycles. The first kappa shape index (κ1) is 19.5. The van der Waals surface area contributed by atoms with E-state index in [0.29, 0.717) is 6.54 Å². The van der Waals surface area contributed by atoms with Gasteiger partial charge in [-0.2, -0.15) is 0 Å². The molecule has 4 nitrogen and oxygen atoms in total. The van der Waals surface area contributed by atoms with Gasteiger partial charge < -0.3 is 4.90 Å². The summed E-state index contributed by atoms with van der Waals surface area (Å²) < 4.78 is 1.14. The molecule has 0 saturated heterocycles. The van der Waals surface area contributed by atoms with E-state index in [2.05, 4.69) is 46.1 Å². The van der Waals surface area contributed by atoms with E-state index < -0.39 is 0 Å². The first-order valence-corrected chi connectivity index (χ1v) is 10.3. The van der Waals surface area contributed by atoms with Crippen LogP contribution in [0.25, 0.3) is 10.2 Å². The molecule has 5 heteroatoms. The standard InChI is InChI=1S/C22H27N3OS/c1-6-17-8-10-19-20(14-17)27-22(23-19)25(12-11-24(4)5)21(26)18-9-7-15(2)16(3)13-18/h7-10,13-14H,6,11-12H2,1-5H3/p+1. The molecule has 1 N–H and O–H groups in total. The normalized spacial score (nSPS) is 11.3. The lowest BCUT2D eigenvalue weighted by molar-refractivity contribution is -0.856. The molecule has 0 saturated carbocycles. The highest BCUT2D eigenvalue weighted by molar-refractivity contribution is 7.22. The van der Waals surface area contributed by atoms with Crippen molar-refractivity contribution in [3.63, 3.8) is 0 Å². The maximum Gasteiger partial charge on any atom is 0.260 e. The number of quaternary nitrogens is 1. The Morgan fingerprint density at radius 3 is 2.56 bits per heavy atom. The summed E-state index contributed by atoms with van der Waals surface area (Å²) in [6.45, 7) is 7.78. The van der Waals surface area contributed by atoms with E-state index in [0.717, 1.165) is 39.4 Å². The number of amides is 1. The smallest absolute Gasteiger partial charge is 0.260 e. The lowest BCUT2D eigenvalue weighted by Gasteiger charge is -2.21. The molecule has 0 radical (unpaired) electrons. The summed E-state index contributed by atoms with van der Waals surface area (Å²) in [6.07, 6.45) is 0.998. The summed E-state index contributed by atoms with van der Waals surface area (Å²) in [5.41, 5.74) is 5.31. The van der Waals surface area contributed by atoms with Crippen LogP contribution < -0.4 is 9.80 Å². The van der Waals surface area contributed by atoms with Gasteiger partial charge in [0.25, 0.3) is 5.91 Å². The first-order chi connectivity index (χ1) is 12.9. The molecular weight excluding hydrogens is 354 g/mol. The maximum atomic E-state index is 13.3. The number of hydrogen-bond donors (Lipinski definition) is 1. The highest BCUT2D eigenvalue weighted by atomic mass is 32.1. The van der Waals surface area contributed by atoms with Crippen molar-refractivity contribution in [3.8, 4) is 0 Å². The van der Waals surface area contributed by atoms with Gasteiger partial charge in [-0.25, -0.2) is 4.98 Å². The zero-order valence-corrected chi connectivity index (χ0v) is 17.6. The molecule has 1 heterocycles. The third-order valence-corrected chi connectivity index (χ3v) is 5.96. The molecule has 3 aromatic rings. The molecule has 1 aromatic heterocycles. The molecule has 2 aromatic carbocycles. The van der Waals surface area contributed by atoms with Gasteiger partial charge in [0.05, 0.1) is 37.4 Å². The van der Waals surface area contributed by atoms with E-state index in [1.54, 1.807) is 11.3 Å². The lowest BCUT2D eigenvalue weighted by Crippen LogP contribution is -3.06. The van der Waals surface area contributed by atoms with Gasteiger partial charge in [0.2, 0.25) is 0 Å². The minimum Gasteiger partial charge on any atom is -0.338 e. The van der Waals surface area contributed by atoms with Gasteiger partial charge in [-0.05, 0) is 61.2 Å². The van der Waals surface area contributed by atoms with Crippen LogP contribution in [0.2, 0.25) is 0 Å². The highest BCUT2D eigenvalue weighted by Gasteiger charge is 2.22. The molecule has 27 heavy (non-hydrogen) atoms. The summed E-state index contributed by atoms with van der Waals surface area (Å²) in [6, 6.07) is 12.3. The number of benzene rings is 2. The fourth-order valence-corrected chi connectivity index (χ4v) is 4.00. The summed E-state index contributed by atoms with van der Waals surface area (Å²) in [4.78, 5) is 21.2. The number of carbonyl (C=O) groups is 1. The number of aryl methyl sites for hydroxylation is 3. The van der Waals surface area contributed by atoms with Crippen molar-refractivity contribution in [2.24, 2.45) is 0 Å². The fraction of sp³-hybridized carbons (Fsp3) is 0.364. The molecule has 0 aliphatic rings. The molecule has 0 fully saturated rings. The molecule has 0 unspecified atom stereocenters. The van der Waals surface area contributed by atoms with Crippen LogP contribution >= 0.6 is 11.3 Å². The van der Waals surface area contributed by atoms with Crippen molar-refractivity contribution in [1.29, 1.82) is 0 Å². The fourth-order valence-electron chi connectivity index (χ4n) is 2.94. The number of fused-ring (bicyclic) bond motifs is 1. The summed E-state index contributed by atoms with van der Waals surface area (Å²) >= 11 is 1.60. The van der Waals surface area contributed by atoms with Crippen LogP contribution in [0.4, 0.5) is 5.13 Å². The van der Waals surface area contributed by atoms with Gasteiger partial charge in [0.1, 0.15) is 0 Å². The SMILES string of the molecule is CCc1ccc2nc(N(CC[NH+](C)C)C(=O)c3ccc(C)c(C)c3)sc2c1. The Morgan fingerprint density at radius 1 is 1.11 bits per heavy atom. The highest BCUT2D eigenvalue weighted by Crippen LogP contribution is 2.30. The largest absolute Gasteiger partial charge is 0.338 e. The zero-order valence-electron chi connectivity index (χ0n) is 16.8. The van der Waals surface area contributed by atoms with Crippen LogP contribution in [-0.2, 0) is 6.42 Å². The number of carbonyl (C=O) groups excluding carboxylic acids is 1. The minimum absolute atomic E-state index is 0.0223. The van der Waals surface area contributed by atoms with E-state index >= 15 is 0 Å². The predicted octanol–water partition coefficient (Wildman–Crippen LogP) is 3.27. The van der Waals surface area contributed by atoms with Gasteiger partial charge in [-0.3, -0.25) is 9.69 Å². The second kappa shape index (κ2) is 8.19. The number of likely N-dealkylation sites (N-methyl/N-ethyl adjacent to an activating group) is 1. The summed E-state index contributed by atoms with van der Waals surface area (Å²) in [7, 11) is 4.20. The van der Waals surface area contributed by atoms with E-state index in [9.17, 15) is 4.79 Å². The monoisotopic (exact) mass is 382 g/mol. The third-order valence-electron chi connectivity index (χ3n) is 4.92. The number of nitrogens with zero attached hydrogens (tertiary/aromatic N) is 2. The summed E-state index contributed by atoms with van der Waals surface area (Å²) in [5, 5.41) is 0.780. The van der Waals surface area contributed by atoms with Crippen LogP contribution in [-0.4, -0.2) is 38.1 Å². The second-order valence-electron chi connectivity index (χ2n) is 7.37. The maximum absolute atomic E-state index is 13.3. The average Bonchev–Trinajstić information content (AvgIpc) is 3.06. The Morgan fingerprint density at radius 2 is 1.89 bits per heavy atom. The third kappa shape index (κ3) is 4.37. The number of hydrogen-bond acceptors (Lipinski definition) is 3. The van der Waals surface area contributed by atoms with E-state index in [-0.39, 0.29) is 5.91 Å². The molecule has 0 bridgehead atoms. The average molecular weight is 383 g/mol. The van der Waals surface area contributed by atoms with Gasteiger partial charge in [-0.1, -0.05) is 30.4 Å². The number of nitrogens with one attached hydrogen (secondary N) is 1. The minimum atomic E-state index is 0.0223. The second-order valence-corrected chi connectivity index (χ2v) is 8.37. The van der Waals surface area contributed by atoms with Crippen molar-refractivity contribution in [2.45, 2.75) is 27.2 Å².